The molecule has 0 unspecified atom stereocenters. The summed E-state index contributed by atoms with van der Waals surface area (Å²) in [6.45, 7) is 0. The molecule has 2 rings (SSSR count). The van der Waals surface area contributed by atoms with Crippen LogP contribution in [0.15, 0.2) is 41.6 Å². The number of halogens is 6. The molecule has 0 saturated heterocycles. The predicted octanol–water partition coefficient (Wildman–Crippen LogP) is 4.55. The SMILES string of the molecule is O=C(O)CSc1ccc(NC(=O)c2cc(C(F)(F)F)cc(C(F)(F)F)c2)cn1. The Hall–Kier alpha value is -2.76. The van der Waals surface area contributed by atoms with Crippen LogP contribution in [-0.4, -0.2) is 27.7 Å². The van der Waals surface area contributed by atoms with Crippen molar-refractivity contribution in [3.05, 3.63) is 53.2 Å². The number of hydrogen-bond donors (Lipinski definition) is 2. The Bertz CT molecular complexity index is 849. The van der Waals surface area contributed by atoms with Gasteiger partial charge in [-0.05, 0) is 30.3 Å². The third-order valence-corrected chi connectivity index (χ3v) is 4.12. The number of carbonyl (C=O) groups is 2. The number of aliphatic carboxylic acids is 1. The first kappa shape index (κ1) is 21.5. The van der Waals surface area contributed by atoms with Crippen molar-refractivity contribution in [1.82, 2.24) is 4.98 Å². The zero-order valence-corrected chi connectivity index (χ0v) is 14.4. The Labute approximate surface area is 157 Å². The van der Waals surface area contributed by atoms with Crippen molar-refractivity contribution in [1.29, 1.82) is 0 Å². The molecule has 1 heterocycles. The predicted molar refractivity (Wildman–Crippen MR) is 87.0 cm³/mol. The molecule has 0 aliphatic heterocycles. The molecule has 28 heavy (non-hydrogen) atoms. The molecule has 0 atom stereocenters. The van der Waals surface area contributed by atoms with Gasteiger partial charge in [0.25, 0.3) is 5.91 Å². The third-order valence-electron chi connectivity index (χ3n) is 3.19. The number of nitrogens with one attached hydrogen (secondary N) is 1. The summed E-state index contributed by atoms with van der Waals surface area (Å²) in [5, 5.41) is 11.0. The molecule has 1 aromatic carbocycles. The lowest BCUT2D eigenvalue weighted by molar-refractivity contribution is -0.143. The monoisotopic (exact) mass is 424 g/mol. The summed E-state index contributed by atoms with van der Waals surface area (Å²) in [4.78, 5) is 26.4. The van der Waals surface area contributed by atoms with E-state index in [0.29, 0.717) is 17.2 Å². The zero-order chi connectivity index (χ0) is 21.1. The Kier molecular flexibility index (Phi) is 6.22. The van der Waals surface area contributed by atoms with Gasteiger partial charge in [-0.1, -0.05) is 11.8 Å². The highest BCUT2D eigenvalue weighted by Crippen LogP contribution is 2.36. The second-order valence-corrected chi connectivity index (χ2v) is 6.31. The van der Waals surface area contributed by atoms with Crippen LogP contribution < -0.4 is 5.32 Å². The van der Waals surface area contributed by atoms with Crippen LogP contribution in [0.2, 0.25) is 0 Å². The van der Waals surface area contributed by atoms with E-state index in [0.717, 1.165) is 18.0 Å². The number of thioether (sulfide) groups is 1. The summed E-state index contributed by atoms with van der Waals surface area (Å²) >= 11 is 0.888. The molecular weight excluding hydrogens is 414 g/mol. The quantitative estimate of drug-likeness (QED) is 0.544. The fourth-order valence-corrected chi connectivity index (χ4v) is 2.53. The van der Waals surface area contributed by atoms with Crippen molar-refractivity contribution < 1.29 is 41.0 Å². The fourth-order valence-electron chi connectivity index (χ4n) is 1.96. The number of alkyl halides is 6. The molecule has 150 valence electrons. The molecule has 1 aromatic heterocycles. The molecular formula is C16H10F6N2O3S. The molecule has 0 radical (unpaired) electrons. The van der Waals surface area contributed by atoms with Gasteiger partial charge in [0.2, 0.25) is 0 Å². The maximum absolute atomic E-state index is 12.8. The molecule has 2 N–H and O–H groups in total. The molecule has 2 aromatic rings. The lowest BCUT2D eigenvalue weighted by Crippen LogP contribution is -2.17. The van der Waals surface area contributed by atoms with Crippen molar-refractivity contribution in [3.63, 3.8) is 0 Å². The first-order valence-corrected chi connectivity index (χ1v) is 8.26. The average molecular weight is 424 g/mol. The maximum Gasteiger partial charge on any atom is 0.416 e. The lowest BCUT2D eigenvalue weighted by Gasteiger charge is -2.14. The van der Waals surface area contributed by atoms with E-state index < -0.39 is 40.9 Å². The fraction of sp³-hybridized carbons (Fsp3) is 0.188. The number of carboxylic acid groups (broad SMARTS) is 1. The number of amides is 1. The molecule has 0 fully saturated rings. The van der Waals surface area contributed by atoms with Gasteiger partial charge in [0.1, 0.15) is 0 Å². The summed E-state index contributed by atoms with van der Waals surface area (Å²) in [6, 6.07) is 3.18. The van der Waals surface area contributed by atoms with E-state index >= 15 is 0 Å². The first-order valence-electron chi connectivity index (χ1n) is 7.28. The molecule has 12 heteroatoms. The number of anilines is 1. The van der Waals surface area contributed by atoms with Gasteiger partial charge in [0, 0.05) is 5.56 Å². The van der Waals surface area contributed by atoms with Crippen LogP contribution in [0.5, 0.6) is 0 Å². The summed E-state index contributed by atoms with van der Waals surface area (Å²) in [6.07, 6.45) is -9.04. The van der Waals surface area contributed by atoms with Crippen molar-refractivity contribution >= 4 is 29.3 Å². The summed E-state index contributed by atoms with van der Waals surface area (Å²) in [5.41, 5.74) is -4.03. The van der Waals surface area contributed by atoms with Gasteiger partial charge in [0.05, 0.1) is 33.8 Å². The normalized spacial score (nSPS) is 11.9. The second kappa shape index (κ2) is 8.09. The van der Waals surface area contributed by atoms with Crippen LogP contribution in [0.25, 0.3) is 0 Å². The smallest absolute Gasteiger partial charge is 0.416 e. The largest absolute Gasteiger partial charge is 0.481 e. The van der Waals surface area contributed by atoms with E-state index in [-0.39, 0.29) is 17.5 Å². The maximum atomic E-state index is 12.8. The highest BCUT2D eigenvalue weighted by molar-refractivity contribution is 7.99. The van der Waals surface area contributed by atoms with E-state index in [2.05, 4.69) is 10.3 Å². The van der Waals surface area contributed by atoms with Crippen molar-refractivity contribution in [3.8, 4) is 0 Å². The van der Waals surface area contributed by atoms with Crippen LogP contribution in [0, 0.1) is 0 Å². The molecule has 0 aliphatic carbocycles. The number of carboxylic acids is 1. The van der Waals surface area contributed by atoms with Gasteiger partial charge in [-0.25, -0.2) is 4.98 Å². The van der Waals surface area contributed by atoms with Gasteiger partial charge in [0.15, 0.2) is 0 Å². The number of pyridine rings is 1. The van der Waals surface area contributed by atoms with Gasteiger partial charge in [-0.2, -0.15) is 26.3 Å². The van der Waals surface area contributed by atoms with Crippen LogP contribution >= 0.6 is 11.8 Å². The number of aromatic nitrogens is 1. The Morgan fingerprint density at radius 3 is 2.00 bits per heavy atom. The van der Waals surface area contributed by atoms with Gasteiger partial charge < -0.3 is 10.4 Å². The Balaban J connectivity index is 2.25. The van der Waals surface area contributed by atoms with Crippen molar-refractivity contribution in [2.75, 3.05) is 11.1 Å². The minimum atomic E-state index is -5.07. The van der Waals surface area contributed by atoms with E-state index in [4.69, 9.17) is 5.11 Å². The third kappa shape index (κ3) is 5.87. The number of hydrogen-bond acceptors (Lipinski definition) is 4. The molecule has 5 nitrogen and oxygen atoms in total. The molecule has 0 bridgehead atoms. The summed E-state index contributed by atoms with van der Waals surface area (Å²) in [7, 11) is 0. The van der Waals surface area contributed by atoms with Crippen molar-refractivity contribution in [2.24, 2.45) is 0 Å². The zero-order valence-electron chi connectivity index (χ0n) is 13.6. The second-order valence-electron chi connectivity index (χ2n) is 5.32. The van der Waals surface area contributed by atoms with E-state index in [1.165, 1.54) is 12.1 Å². The van der Waals surface area contributed by atoms with Crippen molar-refractivity contribution in [2.45, 2.75) is 17.4 Å². The van der Waals surface area contributed by atoms with Crippen LogP contribution in [0.3, 0.4) is 0 Å². The highest BCUT2D eigenvalue weighted by Gasteiger charge is 2.37. The Morgan fingerprint density at radius 1 is 1.00 bits per heavy atom. The summed E-state index contributed by atoms with van der Waals surface area (Å²) < 4.78 is 77.1. The van der Waals surface area contributed by atoms with Crippen LogP contribution in [0.1, 0.15) is 21.5 Å². The number of nitrogens with zero attached hydrogens (tertiary/aromatic N) is 1. The minimum Gasteiger partial charge on any atom is -0.481 e. The first-order chi connectivity index (χ1) is 12.9. The number of rotatable bonds is 5. The van der Waals surface area contributed by atoms with Crippen LogP contribution in [0.4, 0.5) is 32.0 Å². The van der Waals surface area contributed by atoms with Gasteiger partial charge in [-0.3, -0.25) is 9.59 Å². The molecule has 0 saturated carbocycles. The van der Waals surface area contributed by atoms with Gasteiger partial charge >= 0.3 is 18.3 Å². The topological polar surface area (TPSA) is 79.3 Å². The van der Waals surface area contributed by atoms with E-state index in [9.17, 15) is 35.9 Å². The average Bonchev–Trinajstić information content (AvgIpc) is 2.59. The van der Waals surface area contributed by atoms with E-state index in [1.54, 1.807) is 0 Å². The Morgan fingerprint density at radius 2 is 1.57 bits per heavy atom. The minimum absolute atomic E-state index is 0.00986. The number of carbonyl (C=O) groups excluding carboxylic acids is 1. The van der Waals surface area contributed by atoms with Crippen LogP contribution in [-0.2, 0) is 17.1 Å². The highest BCUT2D eigenvalue weighted by atomic mass is 32.2. The van der Waals surface area contributed by atoms with E-state index in [1.807, 2.05) is 0 Å². The molecule has 0 aliphatic rings. The summed E-state index contributed by atoms with van der Waals surface area (Å²) in [5.74, 6) is -2.53. The molecule has 1 amide bonds. The molecule has 0 spiro atoms. The standard InChI is InChI=1S/C16H10F6N2O3S/c17-15(18,19)9-3-8(4-10(5-9)16(20,21)22)14(27)24-11-1-2-12(23-6-11)28-7-13(25)26/h1-6H,7H2,(H,24,27)(H,25,26). The lowest BCUT2D eigenvalue weighted by atomic mass is 10.0. The van der Waals surface area contributed by atoms with Gasteiger partial charge in [-0.15, -0.1) is 0 Å². The number of benzene rings is 1.